The van der Waals surface area contributed by atoms with E-state index in [1.807, 2.05) is 0 Å². The standard InChI is InChI=1S/C12H25NO2/c1-10(11-7-5-4-6-8-11)13-9-12(14-2)15-3/h10-13H,4-9H2,1-3H3. The number of hydrogen-bond donors (Lipinski definition) is 1. The van der Waals surface area contributed by atoms with Gasteiger partial charge in [0, 0.05) is 26.8 Å². The summed E-state index contributed by atoms with van der Waals surface area (Å²) in [5.74, 6) is 0.841. The Hall–Kier alpha value is -0.120. The van der Waals surface area contributed by atoms with E-state index in [0.717, 1.165) is 12.5 Å². The van der Waals surface area contributed by atoms with Gasteiger partial charge in [0.25, 0.3) is 0 Å². The molecule has 0 saturated heterocycles. The van der Waals surface area contributed by atoms with Crippen LogP contribution in [0.3, 0.4) is 0 Å². The zero-order valence-corrected chi connectivity index (χ0v) is 10.3. The van der Waals surface area contributed by atoms with Crippen LogP contribution in [0.25, 0.3) is 0 Å². The molecule has 0 spiro atoms. The molecule has 90 valence electrons. The number of methoxy groups -OCH3 is 2. The maximum Gasteiger partial charge on any atom is 0.169 e. The minimum atomic E-state index is -0.115. The van der Waals surface area contributed by atoms with Crippen LogP contribution in [-0.2, 0) is 9.47 Å². The highest BCUT2D eigenvalue weighted by Crippen LogP contribution is 2.26. The molecule has 1 atom stereocenters. The molecule has 1 rings (SSSR count). The summed E-state index contributed by atoms with van der Waals surface area (Å²) in [6, 6.07) is 0.582. The molecule has 0 aromatic carbocycles. The number of ether oxygens (including phenoxy) is 2. The van der Waals surface area contributed by atoms with Crippen molar-refractivity contribution in [3.05, 3.63) is 0 Å². The van der Waals surface area contributed by atoms with Crippen LogP contribution in [0.1, 0.15) is 39.0 Å². The Morgan fingerprint density at radius 3 is 2.27 bits per heavy atom. The van der Waals surface area contributed by atoms with E-state index in [0.29, 0.717) is 6.04 Å². The Labute approximate surface area is 93.5 Å². The van der Waals surface area contributed by atoms with Crippen molar-refractivity contribution in [2.24, 2.45) is 5.92 Å². The van der Waals surface area contributed by atoms with Crippen molar-refractivity contribution in [3.63, 3.8) is 0 Å². The molecular formula is C12H25NO2. The molecular weight excluding hydrogens is 190 g/mol. The highest BCUT2D eigenvalue weighted by Gasteiger charge is 2.20. The summed E-state index contributed by atoms with van der Waals surface area (Å²) in [4.78, 5) is 0. The van der Waals surface area contributed by atoms with Gasteiger partial charge in [0.05, 0.1) is 0 Å². The van der Waals surface area contributed by atoms with Gasteiger partial charge in [0.15, 0.2) is 6.29 Å². The maximum atomic E-state index is 5.15. The lowest BCUT2D eigenvalue weighted by molar-refractivity contribution is -0.100. The normalized spacial score (nSPS) is 20.8. The van der Waals surface area contributed by atoms with E-state index in [1.165, 1.54) is 32.1 Å². The van der Waals surface area contributed by atoms with Crippen molar-refractivity contribution in [2.75, 3.05) is 20.8 Å². The topological polar surface area (TPSA) is 30.5 Å². The molecule has 1 N–H and O–H groups in total. The van der Waals surface area contributed by atoms with Crippen LogP contribution in [0, 0.1) is 5.92 Å². The molecule has 3 nitrogen and oxygen atoms in total. The molecule has 0 amide bonds. The largest absolute Gasteiger partial charge is 0.355 e. The fraction of sp³-hybridized carbons (Fsp3) is 1.00. The average molecular weight is 215 g/mol. The highest BCUT2D eigenvalue weighted by molar-refractivity contribution is 4.76. The van der Waals surface area contributed by atoms with E-state index in [2.05, 4.69) is 12.2 Å². The fourth-order valence-electron chi connectivity index (χ4n) is 2.35. The molecule has 0 aromatic heterocycles. The molecule has 0 heterocycles. The summed E-state index contributed by atoms with van der Waals surface area (Å²) in [5.41, 5.74) is 0. The van der Waals surface area contributed by atoms with Gasteiger partial charge in [-0.2, -0.15) is 0 Å². The molecule has 0 radical (unpaired) electrons. The monoisotopic (exact) mass is 215 g/mol. The van der Waals surface area contributed by atoms with Crippen molar-refractivity contribution >= 4 is 0 Å². The van der Waals surface area contributed by atoms with Crippen LogP contribution in [0.4, 0.5) is 0 Å². The molecule has 3 heteroatoms. The number of hydrogen-bond acceptors (Lipinski definition) is 3. The summed E-state index contributed by atoms with van der Waals surface area (Å²) in [7, 11) is 3.36. The Bertz CT molecular complexity index is 154. The van der Waals surface area contributed by atoms with Crippen LogP contribution >= 0.6 is 0 Å². The van der Waals surface area contributed by atoms with Crippen molar-refractivity contribution in [1.82, 2.24) is 5.32 Å². The van der Waals surface area contributed by atoms with Crippen LogP contribution < -0.4 is 5.32 Å². The second-order valence-corrected chi connectivity index (χ2v) is 4.50. The summed E-state index contributed by atoms with van der Waals surface area (Å²) >= 11 is 0. The fourth-order valence-corrected chi connectivity index (χ4v) is 2.35. The van der Waals surface area contributed by atoms with Crippen molar-refractivity contribution in [2.45, 2.75) is 51.4 Å². The SMILES string of the molecule is COC(CNC(C)C1CCCCC1)OC. The maximum absolute atomic E-state index is 5.15. The third-order valence-electron chi connectivity index (χ3n) is 3.49. The van der Waals surface area contributed by atoms with Crippen molar-refractivity contribution in [3.8, 4) is 0 Å². The van der Waals surface area contributed by atoms with Gasteiger partial charge in [-0.05, 0) is 25.7 Å². The molecule has 1 unspecified atom stereocenters. The Morgan fingerprint density at radius 1 is 1.13 bits per heavy atom. The molecule has 15 heavy (non-hydrogen) atoms. The average Bonchev–Trinajstić information content (AvgIpc) is 2.31. The third kappa shape index (κ3) is 4.49. The zero-order valence-electron chi connectivity index (χ0n) is 10.3. The Kier molecular flexibility index (Phi) is 6.22. The van der Waals surface area contributed by atoms with E-state index in [4.69, 9.17) is 9.47 Å². The quantitative estimate of drug-likeness (QED) is 0.689. The summed E-state index contributed by atoms with van der Waals surface area (Å²) < 4.78 is 10.3. The van der Waals surface area contributed by atoms with Gasteiger partial charge in [-0.3, -0.25) is 0 Å². The van der Waals surface area contributed by atoms with E-state index in [1.54, 1.807) is 14.2 Å². The molecule has 1 aliphatic rings. The third-order valence-corrected chi connectivity index (χ3v) is 3.49. The van der Waals surface area contributed by atoms with E-state index in [9.17, 15) is 0 Å². The van der Waals surface area contributed by atoms with Gasteiger partial charge < -0.3 is 14.8 Å². The van der Waals surface area contributed by atoms with Gasteiger partial charge in [0.1, 0.15) is 0 Å². The smallest absolute Gasteiger partial charge is 0.169 e. The van der Waals surface area contributed by atoms with E-state index in [-0.39, 0.29) is 6.29 Å². The number of nitrogens with one attached hydrogen (secondary N) is 1. The first-order valence-corrected chi connectivity index (χ1v) is 6.07. The van der Waals surface area contributed by atoms with Crippen LogP contribution in [0.15, 0.2) is 0 Å². The minimum absolute atomic E-state index is 0.115. The second kappa shape index (κ2) is 7.20. The first kappa shape index (κ1) is 12.9. The predicted octanol–water partition coefficient (Wildman–Crippen LogP) is 2.16. The van der Waals surface area contributed by atoms with E-state index < -0.39 is 0 Å². The first-order chi connectivity index (χ1) is 7.27. The van der Waals surface area contributed by atoms with Crippen molar-refractivity contribution in [1.29, 1.82) is 0 Å². The summed E-state index contributed by atoms with van der Waals surface area (Å²) in [6.07, 6.45) is 6.85. The van der Waals surface area contributed by atoms with Gasteiger partial charge >= 0.3 is 0 Å². The second-order valence-electron chi connectivity index (χ2n) is 4.50. The minimum Gasteiger partial charge on any atom is -0.355 e. The summed E-state index contributed by atoms with van der Waals surface area (Å²) in [5, 5.41) is 3.50. The van der Waals surface area contributed by atoms with Crippen LogP contribution in [0.5, 0.6) is 0 Å². The lowest BCUT2D eigenvalue weighted by Gasteiger charge is -2.29. The Morgan fingerprint density at radius 2 is 1.73 bits per heavy atom. The van der Waals surface area contributed by atoms with Gasteiger partial charge in [-0.25, -0.2) is 0 Å². The van der Waals surface area contributed by atoms with Crippen molar-refractivity contribution < 1.29 is 9.47 Å². The predicted molar refractivity (Wildman–Crippen MR) is 61.8 cm³/mol. The lowest BCUT2D eigenvalue weighted by atomic mass is 9.84. The molecule has 0 aliphatic heterocycles. The van der Waals surface area contributed by atoms with Gasteiger partial charge in [-0.1, -0.05) is 19.3 Å². The Balaban J connectivity index is 2.18. The molecule has 1 fully saturated rings. The van der Waals surface area contributed by atoms with Gasteiger partial charge in [0.2, 0.25) is 0 Å². The molecule has 0 bridgehead atoms. The molecule has 0 aromatic rings. The van der Waals surface area contributed by atoms with Crippen LogP contribution in [0.2, 0.25) is 0 Å². The summed E-state index contributed by atoms with van der Waals surface area (Å²) in [6.45, 7) is 3.06. The first-order valence-electron chi connectivity index (χ1n) is 6.07. The zero-order chi connectivity index (χ0) is 11.1. The number of rotatable bonds is 6. The molecule has 1 aliphatic carbocycles. The van der Waals surface area contributed by atoms with E-state index >= 15 is 0 Å². The van der Waals surface area contributed by atoms with Crippen LogP contribution in [-0.4, -0.2) is 33.1 Å². The van der Waals surface area contributed by atoms with Gasteiger partial charge in [-0.15, -0.1) is 0 Å². The lowest BCUT2D eigenvalue weighted by Crippen LogP contribution is -2.40. The highest BCUT2D eigenvalue weighted by atomic mass is 16.7. The molecule has 1 saturated carbocycles.